The Balaban J connectivity index is 0.000000126. The third-order valence-corrected chi connectivity index (χ3v) is 23.0. The Morgan fingerprint density at radius 2 is 0.971 bits per heavy atom. The number of aromatic carboxylic acids is 1. The average Bonchev–Trinajstić information content (AvgIpc) is 1.65. The maximum Gasteiger partial charge on any atom is 0.454 e. The van der Waals surface area contributed by atoms with Crippen molar-refractivity contribution in [1.82, 2.24) is 135 Å². The molecule has 0 atom stereocenters. The van der Waals surface area contributed by atoms with E-state index < -0.39 is 30.7 Å². The largest absolute Gasteiger partial charge is 0.476 e. The zero-order valence-corrected chi connectivity index (χ0v) is 79.7. The Morgan fingerprint density at radius 1 is 0.486 bits per heavy atom. The zero-order valence-electron chi connectivity index (χ0n) is 75.1. The van der Waals surface area contributed by atoms with Crippen molar-refractivity contribution >= 4 is 146 Å². The number of ether oxygens (including phenoxy) is 3. The Bertz CT molecular complexity index is 7560. The second-order valence-corrected chi connectivity index (χ2v) is 34.1. The van der Waals surface area contributed by atoms with Gasteiger partial charge < -0.3 is 67.2 Å². The molecule has 6 N–H and O–H groups in total. The van der Waals surface area contributed by atoms with Crippen LogP contribution < -0.4 is 5.73 Å². The van der Waals surface area contributed by atoms with Gasteiger partial charge in [-0.2, -0.15) is 10.2 Å². The van der Waals surface area contributed by atoms with E-state index in [-0.39, 0.29) is 64.7 Å². The molecule has 724 valence electrons. The van der Waals surface area contributed by atoms with Crippen LogP contribution in [0.1, 0.15) is 206 Å². The number of halogens is 8. The van der Waals surface area contributed by atoms with E-state index in [0.29, 0.717) is 149 Å². The van der Waals surface area contributed by atoms with Crippen molar-refractivity contribution in [3.63, 3.8) is 0 Å². The van der Waals surface area contributed by atoms with E-state index in [1.165, 1.54) is 99.5 Å². The molecule has 0 bridgehead atoms. The lowest BCUT2D eigenvalue weighted by Gasteiger charge is -2.01. The number of rotatable bonds is 25. The molecule has 0 saturated heterocycles. The van der Waals surface area contributed by atoms with Crippen LogP contribution in [0.4, 0.5) is 8.78 Å². The quantitative estimate of drug-likeness (QED) is 0.0117. The molecular formula is C91H90BCl6F2N29O11. The summed E-state index contributed by atoms with van der Waals surface area (Å²) in [6, 6.07) is 24.0. The second kappa shape index (κ2) is 46.0. The molecule has 0 amide bonds. The van der Waals surface area contributed by atoms with Gasteiger partial charge in [0.2, 0.25) is 0 Å². The lowest BCUT2D eigenvalue weighted by molar-refractivity contribution is 0.0510. The predicted octanol–water partition coefficient (Wildman–Crippen LogP) is 14.4. The van der Waals surface area contributed by atoms with Crippen molar-refractivity contribution in [2.45, 2.75) is 147 Å². The standard InChI is InChI=1S/C23H19ClFN7O.C16H17N5O2.C14H13ClN4O2.C14H13N5O2.C8H7ClFN3.C7H5Cl2N3.C6H8N2O2.C3H7BO2.ClH/c24-16-7-8-31-13-27-18(23(31)22(16)25)3-5-20(33)19-11-30(12-26-19)9-15-10-32-21(28-15)6-4-17(29-32)14-1-2-14;1-2-23-16(22)13-8-20(10-17-13)9-14-18-15-6-5-12(11-3-4-11)7-21(15)19-14;1-2-21-14(20)10-5-6-18(7-10)9-12-16-13-4-3-11(15)8-19(13)17-12;20-14(21)11-6-18(8-15-11)7-12-16-13-4-3-10(9-1-2-9)5-19(13)17-12;9-5-1-2-13-4-12-6(3-11)8(13)7(5)10;8-3-5-4-12-7(10-5)2-1-6(9)11-12;1-2-10-6(9)5-3-7-4-8-5;5-4(6)3-1-2-3;/h4,6-8,10-14H,1-3,5,9H2;5-8,10-11H,2-4,9H2,1H3;3-8H,2,9H2,1H3;3-6,8-9H,1-2,7H2,(H,20,21);1-2,4H,3,11H2;1-2,4H,3H2;3-4H,2H2,1H3,(H,7,8);3,5-6H,1-2H2;1H. The molecule has 40 nitrogen and oxygen atoms in total. The zero-order chi connectivity index (χ0) is 97.5. The Labute approximate surface area is 825 Å². The fourth-order valence-corrected chi connectivity index (χ4v) is 14.9. The number of nitrogens with one attached hydrogen (secondary N) is 1. The summed E-state index contributed by atoms with van der Waals surface area (Å²) >= 11 is 28.7. The van der Waals surface area contributed by atoms with Gasteiger partial charge in [0.15, 0.2) is 74.5 Å². The predicted molar refractivity (Wildman–Crippen MR) is 513 cm³/mol. The number of carbonyl (C=O) groups is 5. The van der Waals surface area contributed by atoms with Crippen LogP contribution in [-0.4, -0.2) is 207 Å². The van der Waals surface area contributed by atoms with Crippen LogP contribution in [-0.2, 0) is 59.2 Å². The number of alkyl halides is 1. The smallest absolute Gasteiger partial charge is 0.454 e. The van der Waals surface area contributed by atoms with Crippen LogP contribution >= 0.6 is 70.4 Å². The Hall–Kier alpha value is -14.3. The fraction of sp³-hybridized carbons (Fsp3) is 0.286. The first kappa shape index (κ1) is 100. The number of fused-ring (bicyclic) bond motifs is 7. The number of aromatic nitrogens is 28. The number of H-pyrrole nitrogens is 1. The number of aryl methyl sites for hydroxylation is 1. The summed E-state index contributed by atoms with van der Waals surface area (Å²) in [6.45, 7) is 8.41. The van der Waals surface area contributed by atoms with E-state index in [9.17, 15) is 32.8 Å². The molecule has 0 radical (unpaired) electrons. The summed E-state index contributed by atoms with van der Waals surface area (Å²) in [5.41, 5.74) is 17.9. The highest BCUT2D eigenvalue weighted by Gasteiger charge is 2.33. The van der Waals surface area contributed by atoms with Gasteiger partial charge >= 0.3 is 31.0 Å². The summed E-state index contributed by atoms with van der Waals surface area (Å²) in [6.07, 6.45) is 41.5. The second-order valence-electron chi connectivity index (χ2n) is 32.2. The molecule has 0 aromatic carbocycles. The highest BCUT2D eigenvalue weighted by atomic mass is 35.5. The number of hydrogen-bond donors (Lipinski definition) is 5. The van der Waals surface area contributed by atoms with Gasteiger partial charge in [-0.15, -0.1) is 39.3 Å². The number of pyridine rings is 5. The summed E-state index contributed by atoms with van der Waals surface area (Å²) in [7, 11) is -1.04. The van der Waals surface area contributed by atoms with E-state index in [1.54, 1.807) is 145 Å². The minimum absolute atomic E-state index is 0. The number of carboxylic acids is 1. The first-order valence-electron chi connectivity index (χ1n) is 44.1. The van der Waals surface area contributed by atoms with Crippen molar-refractivity contribution in [1.29, 1.82) is 0 Å². The van der Waals surface area contributed by atoms with Crippen LogP contribution in [0.25, 0.3) is 39.3 Å². The van der Waals surface area contributed by atoms with Gasteiger partial charge in [0.25, 0.3) is 0 Å². The van der Waals surface area contributed by atoms with Gasteiger partial charge in [0, 0.05) is 80.9 Å². The van der Waals surface area contributed by atoms with Gasteiger partial charge in [-0.05, 0) is 161 Å². The highest BCUT2D eigenvalue weighted by Crippen LogP contribution is 2.42. The van der Waals surface area contributed by atoms with E-state index in [1.807, 2.05) is 54.8 Å². The van der Waals surface area contributed by atoms with Gasteiger partial charge in [-0.1, -0.05) is 71.4 Å². The van der Waals surface area contributed by atoms with Crippen molar-refractivity contribution in [3.8, 4) is 0 Å². The van der Waals surface area contributed by atoms with E-state index in [0.717, 1.165) is 58.2 Å². The first-order valence-corrected chi connectivity index (χ1v) is 46.1. The number of ketones is 1. The maximum absolute atomic E-state index is 14.4. The molecule has 23 rings (SSSR count). The van der Waals surface area contributed by atoms with Crippen molar-refractivity contribution in [2.24, 2.45) is 5.73 Å². The number of imidazole rings is 8. The van der Waals surface area contributed by atoms with Gasteiger partial charge in [-0.25, -0.2) is 105 Å². The Kier molecular flexibility index (Phi) is 32.9. The normalized spacial score (nSPS) is 13.0. The Morgan fingerprint density at radius 3 is 1.51 bits per heavy atom. The van der Waals surface area contributed by atoms with Crippen LogP contribution in [0.5, 0.6) is 0 Å². The van der Waals surface area contributed by atoms with Crippen LogP contribution in [0.2, 0.25) is 26.0 Å². The third-order valence-electron chi connectivity index (χ3n) is 21.7. The maximum atomic E-state index is 14.4. The number of hydrogen-bond acceptors (Lipinski definition) is 27. The number of nitrogens with two attached hydrogens (primary N) is 1. The number of aromatic amines is 1. The number of carboxylic acid groups (broad SMARTS) is 1. The molecule has 19 aromatic heterocycles. The van der Waals surface area contributed by atoms with Gasteiger partial charge in [0.1, 0.15) is 27.6 Å². The number of carbonyl (C=O) groups excluding carboxylic acids is 4. The molecule has 49 heteroatoms. The molecule has 140 heavy (non-hydrogen) atoms. The SMILES string of the molecule is CCOC(=O)c1ccn(Cc2nc3ccc(Cl)cn3n2)c1.CCOC(=O)c1cn(Cc2nc3ccc(C4CC4)cn3n2)cn1.CCOC(=O)c1cnc[nH]1.Cl.ClCc1cn2nc(Cl)ccc2n1.NCc1ncn2ccc(Cl)c(F)c12.O=C(CCc1ncn2ccc(Cl)c(F)c12)c1cn(Cc2cn3nc(C4CC4)ccc3n2)cn1.O=C(O)c1cn(Cc2nc3ccc(C4CC4)cn3n2)cn1.OB(O)C1CC1. The van der Waals surface area contributed by atoms with Crippen LogP contribution in [0.15, 0.2) is 197 Å². The van der Waals surface area contributed by atoms with E-state index in [4.69, 9.17) is 88.4 Å². The molecule has 0 spiro atoms. The average molecular weight is 2030 g/mol. The van der Waals surface area contributed by atoms with Crippen LogP contribution in [0, 0.1) is 11.6 Å². The van der Waals surface area contributed by atoms with Gasteiger partial charge in [0.05, 0.1) is 158 Å². The molecule has 4 saturated carbocycles. The molecule has 0 unspecified atom stereocenters. The summed E-state index contributed by atoms with van der Waals surface area (Å²) < 4.78 is 61.3. The van der Waals surface area contributed by atoms with Gasteiger partial charge in [-0.3, -0.25) is 4.79 Å². The van der Waals surface area contributed by atoms with Crippen molar-refractivity contribution in [3.05, 3.63) is 315 Å². The third kappa shape index (κ3) is 26.0. The van der Waals surface area contributed by atoms with Crippen LogP contribution in [0.3, 0.4) is 0 Å². The first-order chi connectivity index (χ1) is 67.3. The molecule has 0 aliphatic heterocycles. The molecular weight excluding hydrogens is 1940 g/mol. The minimum atomic E-state index is -1.04. The lowest BCUT2D eigenvalue weighted by Crippen LogP contribution is -2.09. The fourth-order valence-electron chi connectivity index (χ4n) is 14.2. The summed E-state index contributed by atoms with van der Waals surface area (Å²) in [5, 5.41) is 48.5. The summed E-state index contributed by atoms with van der Waals surface area (Å²) in [5.74, 6) is 1.23. The topological polar surface area (TPSA) is 472 Å². The monoisotopic (exact) mass is 2020 g/mol. The molecule has 4 aliphatic carbocycles. The van der Waals surface area contributed by atoms with Crippen molar-refractivity contribution in [2.75, 3.05) is 19.8 Å². The van der Waals surface area contributed by atoms with E-state index >= 15 is 0 Å². The molecule has 4 fully saturated rings. The molecule has 4 aliphatic rings. The van der Waals surface area contributed by atoms with Crippen molar-refractivity contribution < 1.29 is 62.1 Å². The number of esters is 3. The number of nitrogens with zero attached hydrogens (tertiary/aromatic N) is 27. The minimum Gasteiger partial charge on any atom is -0.476 e. The number of Topliss-reactive ketones (excluding diaryl/α,β-unsaturated/α-hetero) is 1. The molecule has 19 heterocycles. The lowest BCUT2D eigenvalue weighted by atomic mass is 9.84. The van der Waals surface area contributed by atoms with E-state index in [2.05, 4.69) is 108 Å². The molecule has 19 aromatic rings. The highest BCUT2D eigenvalue weighted by molar-refractivity contribution is 6.44. The summed E-state index contributed by atoms with van der Waals surface area (Å²) in [4.78, 5) is 106.